The molecule has 0 spiro atoms. The SMILES string of the molecule is C=c1ccc2c(c1C1=CC(C(C)(C)C)=CC1C)[C-]=c1ccccc1=2.Clc1cc[c-]cc1.[Cl-].[Cl-].[Zr+4]. The van der Waals surface area contributed by atoms with E-state index in [-0.39, 0.29) is 56.4 Å². The van der Waals surface area contributed by atoms with Gasteiger partial charge in [-0.1, -0.05) is 98.1 Å². The Morgan fingerprint density at radius 3 is 2.12 bits per heavy atom. The van der Waals surface area contributed by atoms with Crippen LogP contribution in [0.25, 0.3) is 18.2 Å². The van der Waals surface area contributed by atoms with Crippen LogP contribution in [0, 0.1) is 27.8 Å². The first-order valence-electron chi connectivity index (χ1n) is 10.7. The maximum Gasteiger partial charge on any atom is 4.00 e. The van der Waals surface area contributed by atoms with E-state index in [2.05, 4.69) is 95.0 Å². The molecule has 3 aromatic rings. The van der Waals surface area contributed by atoms with Gasteiger partial charge in [0.05, 0.1) is 0 Å². The number of rotatable bonds is 1. The first-order chi connectivity index (χ1) is 14.8. The predicted octanol–water partition coefficient (Wildman–Crippen LogP) is 0.554. The van der Waals surface area contributed by atoms with Crippen LogP contribution in [0.1, 0.15) is 38.8 Å². The third kappa shape index (κ3) is 6.44. The van der Waals surface area contributed by atoms with Crippen LogP contribution in [-0.4, -0.2) is 0 Å². The summed E-state index contributed by atoms with van der Waals surface area (Å²) in [4.78, 5) is 0. The molecule has 0 aliphatic heterocycles. The number of allylic oxidation sites excluding steroid dienone is 4. The fourth-order valence-corrected chi connectivity index (χ4v) is 4.26. The van der Waals surface area contributed by atoms with Crippen LogP contribution in [0.5, 0.6) is 0 Å². The van der Waals surface area contributed by atoms with Gasteiger partial charge in [-0.15, -0.1) is 45.0 Å². The van der Waals surface area contributed by atoms with Crippen LogP contribution in [0.2, 0.25) is 5.02 Å². The second-order valence-corrected chi connectivity index (χ2v) is 9.61. The average molecular weight is 585 g/mol. The van der Waals surface area contributed by atoms with E-state index in [9.17, 15) is 0 Å². The van der Waals surface area contributed by atoms with Crippen molar-refractivity contribution in [2.75, 3.05) is 0 Å². The molecular weight excluding hydrogens is 558 g/mol. The molecule has 5 rings (SSSR count). The van der Waals surface area contributed by atoms with Gasteiger partial charge in [0.25, 0.3) is 0 Å². The predicted molar refractivity (Wildman–Crippen MR) is 133 cm³/mol. The zero-order chi connectivity index (χ0) is 22.2. The van der Waals surface area contributed by atoms with E-state index in [4.69, 9.17) is 11.6 Å². The van der Waals surface area contributed by atoms with Gasteiger partial charge in [-0.25, -0.2) is 0 Å². The zero-order valence-electron chi connectivity index (χ0n) is 19.8. The van der Waals surface area contributed by atoms with Crippen molar-refractivity contribution in [2.45, 2.75) is 27.7 Å². The third-order valence-electron chi connectivity index (χ3n) is 5.83. The minimum Gasteiger partial charge on any atom is -1.00 e. The van der Waals surface area contributed by atoms with Crippen molar-refractivity contribution >= 4 is 29.8 Å². The zero-order valence-corrected chi connectivity index (χ0v) is 24.6. The molecule has 1 unspecified atom stereocenters. The minimum absolute atomic E-state index is 0. The van der Waals surface area contributed by atoms with Crippen molar-refractivity contribution < 1.29 is 51.0 Å². The molecule has 0 amide bonds. The maximum absolute atomic E-state index is 5.52. The normalized spacial score (nSPS) is 14.9. The molecule has 172 valence electrons. The van der Waals surface area contributed by atoms with Crippen LogP contribution < -0.4 is 35.3 Å². The van der Waals surface area contributed by atoms with Gasteiger partial charge in [-0.2, -0.15) is 30.3 Å². The van der Waals surface area contributed by atoms with Crippen molar-refractivity contribution in [3.8, 4) is 0 Å². The fourth-order valence-electron chi connectivity index (χ4n) is 4.13. The van der Waals surface area contributed by atoms with Crippen LogP contribution in [-0.2, 0) is 26.2 Å². The Balaban J connectivity index is 0.000000503. The summed E-state index contributed by atoms with van der Waals surface area (Å²) in [6.45, 7) is 13.4. The molecule has 0 aromatic heterocycles. The van der Waals surface area contributed by atoms with Crippen molar-refractivity contribution in [2.24, 2.45) is 11.3 Å². The number of hydrogen-bond acceptors (Lipinski definition) is 0. The van der Waals surface area contributed by atoms with E-state index in [0.717, 1.165) is 10.2 Å². The van der Waals surface area contributed by atoms with E-state index in [0.29, 0.717) is 5.92 Å². The monoisotopic (exact) mass is 582 g/mol. The largest absolute Gasteiger partial charge is 4.00 e. The molecule has 0 heterocycles. The second-order valence-electron chi connectivity index (χ2n) is 9.17. The molecule has 2 aliphatic carbocycles. The van der Waals surface area contributed by atoms with E-state index < -0.39 is 0 Å². The first kappa shape index (κ1) is 30.7. The van der Waals surface area contributed by atoms with Gasteiger partial charge in [0, 0.05) is 0 Å². The molecule has 0 N–H and O–H groups in total. The van der Waals surface area contributed by atoms with Crippen LogP contribution in [0.4, 0.5) is 0 Å². The van der Waals surface area contributed by atoms with Crippen LogP contribution in [0.3, 0.4) is 0 Å². The topological polar surface area (TPSA) is 0 Å². The fraction of sp³-hybridized carbons (Fsp3) is 0.200. The summed E-state index contributed by atoms with van der Waals surface area (Å²) in [5, 5.41) is 5.61. The molecule has 3 aromatic carbocycles. The molecule has 1 atom stereocenters. The van der Waals surface area contributed by atoms with Gasteiger partial charge in [-0.05, 0) is 16.9 Å². The summed E-state index contributed by atoms with van der Waals surface area (Å²) < 4.78 is 0. The standard InChI is InChI=1S/C24H23.C6H4Cl.2ClH.Zr/c1-15-10-11-20-19-9-7-6-8-17(19)13-22(20)23(15)21-14-18(12-16(21)2)24(3,4)5;7-6-4-2-1-3-5-6;;;/h6-12,14,16H,1H2,2-5H3;2-5H;2*1H;/q2*-1;;;+4/p-2. The van der Waals surface area contributed by atoms with Crippen LogP contribution >= 0.6 is 11.6 Å². The smallest absolute Gasteiger partial charge is 1.00 e. The van der Waals surface area contributed by atoms with Crippen molar-refractivity contribution in [3.63, 3.8) is 0 Å². The van der Waals surface area contributed by atoms with Gasteiger partial charge in [-0.3, -0.25) is 0 Å². The summed E-state index contributed by atoms with van der Waals surface area (Å²) in [5.41, 5.74) is 5.45. The van der Waals surface area contributed by atoms with E-state index in [1.807, 2.05) is 0 Å². The Morgan fingerprint density at radius 2 is 1.56 bits per heavy atom. The number of benzene rings is 3. The van der Waals surface area contributed by atoms with E-state index in [1.54, 1.807) is 24.3 Å². The summed E-state index contributed by atoms with van der Waals surface area (Å²) in [6, 6.07) is 22.9. The van der Waals surface area contributed by atoms with Gasteiger partial charge in [0.15, 0.2) is 0 Å². The van der Waals surface area contributed by atoms with E-state index in [1.165, 1.54) is 37.9 Å². The number of fused-ring (bicyclic) bond motifs is 2. The second kappa shape index (κ2) is 12.6. The Bertz CT molecular complexity index is 1400. The molecule has 0 saturated heterocycles. The minimum atomic E-state index is 0. The molecule has 4 heteroatoms. The van der Waals surface area contributed by atoms with Crippen molar-refractivity contribution in [1.82, 2.24) is 0 Å². The summed E-state index contributed by atoms with van der Waals surface area (Å²) in [6.07, 6.45) is 8.41. The molecule has 0 radical (unpaired) electrons. The Labute approximate surface area is 239 Å². The molecule has 0 nitrogen and oxygen atoms in total. The van der Waals surface area contributed by atoms with Gasteiger partial charge in [0.2, 0.25) is 0 Å². The summed E-state index contributed by atoms with van der Waals surface area (Å²) in [5.74, 6) is 0.414. The average Bonchev–Trinajstić information content (AvgIpc) is 3.29. The van der Waals surface area contributed by atoms with Gasteiger partial charge >= 0.3 is 26.2 Å². The Hall–Kier alpha value is -1.37. The molecular formula is C30H27Cl3Zr. The Morgan fingerprint density at radius 1 is 0.912 bits per heavy atom. The van der Waals surface area contributed by atoms with Gasteiger partial charge in [0.1, 0.15) is 0 Å². The van der Waals surface area contributed by atoms with Crippen molar-refractivity contribution in [3.05, 3.63) is 121 Å². The number of hydrogen-bond donors (Lipinski definition) is 0. The quantitative estimate of drug-likeness (QED) is 0.287. The van der Waals surface area contributed by atoms with Crippen molar-refractivity contribution in [1.29, 1.82) is 0 Å². The summed E-state index contributed by atoms with van der Waals surface area (Å²) in [7, 11) is 0. The van der Waals surface area contributed by atoms with E-state index >= 15 is 0 Å². The summed E-state index contributed by atoms with van der Waals surface area (Å²) >= 11 is 5.52. The first-order valence-corrected chi connectivity index (χ1v) is 11.0. The van der Waals surface area contributed by atoms with Gasteiger partial charge < -0.3 is 24.8 Å². The molecule has 34 heavy (non-hydrogen) atoms. The molecule has 0 saturated carbocycles. The Kier molecular flexibility index (Phi) is 11.3. The molecule has 0 bridgehead atoms. The van der Waals surface area contributed by atoms with Crippen LogP contribution in [0.15, 0.2) is 78.4 Å². The maximum atomic E-state index is 5.52. The third-order valence-corrected chi connectivity index (χ3v) is 6.08. The molecule has 2 aliphatic rings. The number of halogens is 3. The molecule has 0 fully saturated rings.